The highest BCUT2D eigenvalue weighted by atomic mass is 19.2. The second kappa shape index (κ2) is 6.30. The number of rotatable bonds is 4. The molecule has 21 heavy (non-hydrogen) atoms. The van der Waals surface area contributed by atoms with Crippen molar-refractivity contribution < 1.29 is 22.7 Å². The molecule has 1 N–H and O–H groups in total. The molecule has 0 aromatic heterocycles. The maximum absolute atomic E-state index is 13.3. The van der Waals surface area contributed by atoms with Crippen LogP contribution in [-0.2, 0) is 9.53 Å². The van der Waals surface area contributed by atoms with Crippen molar-refractivity contribution in [1.82, 2.24) is 0 Å². The zero-order valence-corrected chi connectivity index (χ0v) is 11.1. The highest BCUT2D eigenvalue weighted by Crippen LogP contribution is 2.23. The van der Waals surface area contributed by atoms with E-state index >= 15 is 0 Å². The van der Waals surface area contributed by atoms with Crippen LogP contribution in [0.15, 0.2) is 42.5 Å². The van der Waals surface area contributed by atoms with Crippen LogP contribution < -0.4 is 5.32 Å². The summed E-state index contributed by atoms with van der Waals surface area (Å²) >= 11 is 0. The summed E-state index contributed by atoms with van der Waals surface area (Å²) < 4.78 is 43.8. The predicted octanol–water partition coefficient (Wildman–Crippen LogP) is 3.43. The fourth-order valence-electron chi connectivity index (χ4n) is 1.80. The van der Waals surface area contributed by atoms with Crippen LogP contribution in [0.25, 0.3) is 0 Å². The van der Waals surface area contributed by atoms with E-state index in [-0.39, 0.29) is 5.56 Å². The van der Waals surface area contributed by atoms with E-state index in [1.807, 2.05) is 0 Å². The van der Waals surface area contributed by atoms with Gasteiger partial charge < -0.3 is 10.1 Å². The third-order valence-corrected chi connectivity index (χ3v) is 2.87. The number of carbonyl (C=O) groups is 1. The summed E-state index contributed by atoms with van der Waals surface area (Å²) in [4.78, 5) is 11.8. The van der Waals surface area contributed by atoms with E-state index < -0.39 is 29.5 Å². The van der Waals surface area contributed by atoms with Gasteiger partial charge in [0.15, 0.2) is 17.7 Å². The summed E-state index contributed by atoms with van der Waals surface area (Å²) in [6, 6.07) is 7.34. The number of hydrogen-bond acceptors (Lipinski definition) is 3. The molecule has 110 valence electrons. The van der Waals surface area contributed by atoms with E-state index in [0.29, 0.717) is 5.69 Å². The van der Waals surface area contributed by atoms with Crippen molar-refractivity contribution in [2.45, 2.75) is 6.04 Å². The minimum absolute atomic E-state index is 0.199. The highest BCUT2D eigenvalue weighted by molar-refractivity contribution is 5.81. The molecule has 0 heterocycles. The number of carbonyl (C=O) groups excluding carboxylic acids is 1. The van der Waals surface area contributed by atoms with Crippen LogP contribution >= 0.6 is 0 Å². The molecule has 0 spiro atoms. The maximum atomic E-state index is 13.3. The normalized spacial score (nSPS) is 11.8. The predicted molar refractivity (Wildman–Crippen MR) is 71.1 cm³/mol. The largest absolute Gasteiger partial charge is 0.467 e. The standard InChI is InChI=1S/C15H12F3NO2/c1-21-15(20)14(9-2-7-12(17)13(18)8-9)19-11-5-3-10(16)4-6-11/h2-8,14,19H,1H3. The van der Waals surface area contributed by atoms with Crippen LogP contribution in [0.4, 0.5) is 18.9 Å². The molecule has 0 amide bonds. The van der Waals surface area contributed by atoms with Crippen molar-refractivity contribution in [3.63, 3.8) is 0 Å². The molecular weight excluding hydrogens is 283 g/mol. The van der Waals surface area contributed by atoms with Gasteiger partial charge in [-0.15, -0.1) is 0 Å². The molecule has 0 bridgehead atoms. The number of esters is 1. The Labute approximate surface area is 119 Å². The summed E-state index contributed by atoms with van der Waals surface area (Å²) in [7, 11) is 1.18. The smallest absolute Gasteiger partial charge is 0.332 e. The second-order valence-corrected chi connectivity index (χ2v) is 4.28. The van der Waals surface area contributed by atoms with Gasteiger partial charge in [-0.1, -0.05) is 6.07 Å². The lowest BCUT2D eigenvalue weighted by atomic mass is 10.1. The topological polar surface area (TPSA) is 38.3 Å². The molecule has 6 heteroatoms. The van der Waals surface area contributed by atoms with Gasteiger partial charge in [0, 0.05) is 5.69 Å². The van der Waals surface area contributed by atoms with Gasteiger partial charge in [-0.25, -0.2) is 18.0 Å². The lowest BCUT2D eigenvalue weighted by Crippen LogP contribution is -2.22. The van der Waals surface area contributed by atoms with E-state index in [2.05, 4.69) is 10.1 Å². The van der Waals surface area contributed by atoms with Gasteiger partial charge in [-0.05, 0) is 42.0 Å². The van der Waals surface area contributed by atoms with Crippen molar-refractivity contribution in [2.24, 2.45) is 0 Å². The molecule has 1 unspecified atom stereocenters. The SMILES string of the molecule is COC(=O)C(Nc1ccc(F)cc1)c1ccc(F)c(F)c1. The van der Waals surface area contributed by atoms with Crippen molar-refractivity contribution in [3.05, 3.63) is 65.5 Å². The molecule has 0 radical (unpaired) electrons. The Kier molecular flexibility index (Phi) is 4.47. The Morgan fingerprint density at radius 2 is 1.71 bits per heavy atom. The lowest BCUT2D eigenvalue weighted by Gasteiger charge is -2.18. The quantitative estimate of drug-likeness (QED) is 0.878. The number of hydrogen-bond donors (Lipinski definition) is 1. The average molecular weight is 295 g/mol. The summed E-state index contributed by atoms with van der Waals surface area (Å²) in [5, 5.41) is 2.79. The molecule has 2 aromatic rings. The van der Waals surface area contributed by atoms with Gasteiger partial charge in [0.05, 0.1) is 7.11 Å². The number of halogens is 3. The van der Waals surface area contributed by atoms with Gasteiger partial charge in [-0.2, -0.15) is 0 Å². The van der Waals surface area contributed by atoms with E-state index in [4.69, 9.17) is 0 Å². The van der Waals surface area contributed by atoms with E-state index in [1.54, 1.807) is 0 Å². The van der Waals surface area contributed by atoms with Gasteiger partial charge >= 0.3 is 5.97 Å². The Morgan fingerprint density at radius 1 is 1.05 bits per heavy atom. The molecule has 3 nitrogen and oxygen atoms in total. The van der Waals surface area contributed by atoms with Crippen LogP contribution in [0.2, 0.25) is 0 Å². The number of nitrogens with one attached hydrogen (secondary N) is 1. The first-order valence-electron chi connectivity index (χ1n) is 6.06. The first-order valence-corrected chi connectivity index (χ1v) is 6.06. The fraction of sp³-hybridized carbons (Fsp3) is 0.133. The third-order valence-electron chi connectivity index (χ3n) is 2.87. The Balaban J connectivity index is 2.31. The minimum atomic E-state index is -1.07. The first kappa shape index (κ1) is 14.9. The van der Waals surface area contributed by atoms with E-state index in [9.17, 15) is 18.0 Å². The van der Waals surface area contributed by atoms with Crippen molar-refractivity contribution in [3.8, 4) is 0 Å². The zero-order valence-electron chi connectivity index (χ0n) is 11.1. The number of anilines is 1. The van der Waals surface area contributed by atoms with Crippen molar-refractivity contribution in [1.29, 1.82) is 0 Å². The number of benzene rings is 2. The number of methoxy groups -OCH3 is 1. The summed E-state index contributed by atoms with van der Waals surface area (Å²) in [5.74, 6) is -3.18. The van der Waals surface area contributed by atoms with Crippen LogP contribution in [-0.4, -0.2) is 13.1 Å². The van der Waals surface area contributed by atoms with Crippen molar-refractivity contribution >= 4 is 11.7 Å². The second-order valence-electron chi connectivity index (χ2n) is 4.28. The van der Waals surface area contributed by atoms with Gasteiger partial charge in [-0.3, -0.25) is 0 Å². The molecule has 0 aliphatic carbocycles. The van der Waals surface area contributed by atoms with E-state index in [1.165, 1.54) is 37.4 Å². The lowest BCUT2D eigenvalue weighted by molar-refractivity contribution is -0.141. The Bertz CT molecular complexity index is 644. The summed E-state index contributed by atoms with van der Waals surface area (Å²) in [6.45, 7) is 0. The highest BCUT2D eigenvalue weighted by Gasteiger charge is 2.22. The van der Waals surface area contributed by atoms with E-state index in [0.717, 1.165) is 12.1 Å². The van der Waals surface area contributed by atoms with Gasteiger partial charge in [0.2, 0.25) is 0 Å². The fourth-order valence-corrected chi connectivity index (χ4v) is 1.80. The summed E-state index contributed by atoms with van der Waals surface area (Å²) in [6.07, 6.45) is 0. The molecular formula is C15H12F3NO2. The first-order chi connectivity index (χ1) is 10.0. The molecule has 2 aromatic carbocycles. The Hall–Kier alpha value is -2.50. The molecule has 0 saturated heterocycles. The molecule has 0 fully saturated rings. The molecule has 0 aliphatic heterocycles. The molecule has 0 aliphatic rings. The van der Waals surface area contributed by atoms with Crippen LogP contribution in [0, 0.1) is 17.5 Å². The Morgan fingerprint density at radius 3 is 2.29 bits per heavy atom. The molecule has 2 rings (SSSR count). The minimum Gasteiger partial charge on any atom is -0.467 e. The monoisotopic (exact) mass is 295 g/mol. The van der Waals surface area contributed by atoms with Gasteiger partial charge in [0.25, 0.3) is 0 Å². The zero-order chi connectivity index (χ0) is 15.4. The molecule has 1 atom stereocenters. The summed E-state index contributed by atoms with van der Waals surface area (Å²) in [5.41, 5.74) is 0.640. The maximum Gasteiger partial charge on any atom is 0.332 e. The molecule has 0 saturated carbocycles. The van der Waals surface area contributed by atoms with Crippen LogP contribution in [0.1, 0.15) is 11.6 Å². The van der Waals surface area contributed by atoms with Crippen molar-refractivity contribution in [2.75, 3.05) is 12.4 Å². The number of ether oxygens (including phenoxy) is 1. The van der Waals surface area contributed by atoms with Gasteiger partial charge in [0.1, 0.15) is 5.82 Å². The van der Waals surface area contributed by atoms with Crippen LogP contribution in [0.3, 0.4) is 0 Å². The average Bonchev–Trinajstić information content (AvgIpc) is 2.49. The van der Waals surface area contributed by atoms with Crippen LogP contribution in [0.5, 0.6) is 0 Å². The third kappa shape index (κ3) is 3.53.